The molecule has 0 aliphatic heterocycles. The Morgan fingerprint density at radius 2 is 1.72 bits per heavy atom. The molecule has 3 aromatic carbocycles. The van der Waals surface area contributed by atoms with Crippen LogP contribution in [-0.4, -0.2) is 59.3 Å². The minimum atomic E-state index is -0.818. The summed E-state index contributed by atoms with van der Waals surface area (Å²) >= 11 is 0. The molecule has 0 amide bonds. The van der Waals surface area contributed by atoms with Gasteiger partial charge in [0, 0.05) is 32.8 Å². The van der Waals surface area contributed by atoms with Crippen LogP contribution in [-0.2, 0) is 22.6 Å². The van der Waals surface area contributed by atoms with Gasteiger partial charge >= 0.3 is 0 Å². The normalized spacial score (nSPS) is 12.2. The van der Waals surface area contributed by atoms with Crippen molar-refractivity contribution in [3.8, 4) is 17.3 Å². The second kappa shape index (κ2) is 14.0. The Balaban J connectivity index is 1.56. The monoisotopic (exact) mass is 537 g/mol. The van der Waals surface area contributed by atoms with E-state index in [2.05, 4.69) is 5.10 Å². The quantitative estimate of drug-likeness (QED) is 0.236. The number of aromatic nitrogens is 2. The van der Waals surface area contributed by atoms with Gasteiger partial charge in [0.05, 0.1) is 42.9 Å². The number of ether oxygens (including phenoxy) is 3. The average molecular weight is 538 g/mol. The molecule has 0 saturated heterocycles. The molecule has 1 N–H and O–H groups in total. The van der Waals surface area contributed by atoms with E-state index in [-0.39, 0.29) is 12.4 Å². The number of aliphatic hydroxyl groups is 1. The fraction of sp³-hybridized carbons (Fsp3) is 0.300. The lowest BCUT2D eigenvalue weighted by molar-refractivity contribution is 0.00466. The fourth-order valence-electron chi connectivity index (χ4n) is 4.15. The largest absolute Gasteiger partial charge is 0.435 e. The van der Waals surface area contributed by atoms with Crippen LogP contribution in [0.15, 0.2) is 78.9 Å². The SMILES string of the molecule is COCCN(Cc1c(C)nn(-c2ccccc2)c1Oc1ccc(F)cc1F)C[C@H](O)COCc1ccccc1. The van der Waals surface area contributed by atoms with Crippen molar-refractivity contribution in [3.05, 3.63) is 107 Å². The van der Waals surface area contributed by atoms with E-state index in [0.29, 0.717) is 50.0 Å². The molecule has 1 atom stereocenters. The topological polar surface area (TPSA) is 69.0 Å². The van der Waals surface area contributed by atoms with Crippen molar-refractivity contribution in [3.63, 3.8) is 0 Å². The summed E-state index contributed by atoms with van der Waals surface area (Å²) in [5.41, 5.74) is 3.13. The molecule has 0 radical (unpaired) electrons. The van der Waals surface area contributed by atoms with Crippen LogP contribution < -0.4 is 4.74 Å². The highest BCUT2D eigenvalue weighted by atomic mass is 19.1. The van der Waals surface area contributed by atoms with Crippen LogP contribution in [0.3, 0.4) is 0 Å². The van der Waals surface area contributed by atoms with E-state index < -0.39 is 17.7 Å². The molecular formula is C30H33F2N3O4. The number of rotatable bonds is 14. The highest BCUT2D eigenvalue weighted by molar-refractivity contribution is 5.43. The lowest BCUT2D eigenvalue weighted by Crippen LogP contribution is -2.36. The zero-order valence-corrected chi connectivity index (χ0v) is 22.1. The van der Waals surface area contributed by atoms with Crippen LogP contribution in [0.2, 0.25) is 0 Å². The highest BCUT2D eigenvalue weighted by Crippen LogP contribution is 2.33. The van der Waals surface area contributed by atoms with E-state index in [1.807, 2.05) is 72.5 Å². The average Bonchev–Trinajstić information content (AvgIpc) is 3.24. The molecule has 0 aliphatic carbocycles. The van der Waals surface area contributed by atoms with E-state index in [0.717, 1.165) is 23.4 Å². The smallest absolute Gasteiger partial charge is 0.227 e. The van der Waals surface area contributed by atoms with Crippen LogP contribution in [0.5, 0.6) is 11.6 Å². The summed E-state index contributed by atoms with van der Waals surface area (Å²) < 4.78 is 46.8. The number of aryl methyl sites for hydroxylation is 1. The first-order chi connectivity index (χ1) is 18.9. The van der Waals surface area contributed by atoms with Gasteiger partial charge in [-0.05, 0) is 36.8 Å². The zero-order valence-electron chi connectivity index (χ0n) is 22.1. The predicted molar refractivity (Wildman–Crippen MR) is 144 cm³/mol. The van der Waals surface area contributed by atoms with E-state index >= 15 is 0 Å². The number of halogens is 2. The third kappa shape index (κ3) is 7.93. The van der Waals surface area contributed by atoms with E-state index in [1.54, 1.807) is 11.8 Å². The maximum Gasteiger partial charge on any atom is 0.227 e. The molecule has 0 saturated carbocycles. The van der Waals surface area contributed by atoms with Crippen molar-refractivity contribution in [2.75, 3.05) is 33.4 Å². The molecule has 0 fully saturated rings. The first kappa shape index (κ1) is 28.4. The number of hydrogen-bond acceptors (Lipinski definition) is 6. The van der Waals surface area contributed by atoms with Crippen molar-refractivity contribution in [1.29, 1.82) is 0 Å². The molecule has 0 spiro atoms. The van der Waals surface area contributed by atoms with Crippen molar-refractivity contribution < 1.29 is 28.1 Å². The van der Waals surface area contributed by atoms with Gasteiger partial charge in [-0.3, -0.25) is 4.90 Å². The van der Waals surface area contributed by atoms with Crippen LogP contribution in [0.1, 0.15) is 16.8 Å². The van der Waals surface area contributed by atoms with Crippen LogP contribution in [0, 0.1) is 18.6 Å². The van der Waals surface area contributed by atoms with Gasteiger partial charge in [-0.15, -0.1) is 0 Å². The number of hydrogen-bond donors (Lipinski definition) is 1. The summed E-state index contributed by atoms with van der Waals surface area (Å²) in [6, 6.07) is 22.3. The molecule has 7 nitrogen and oxygen atoms in total. The molecule has 0 bridgehead atoms. The lowest BCUT2D eigenvalue weighted by atomic mass is 10.2. The third-order valence-corrected chi connectivity index (χ3v) is 6.12. The maximum absolute atomic E-state index is 14.6. The predicted octanol–water partition coefficient (Wildman–Crippen LogP) is 5.28. The fourth-order valence-corrected chi connectivity index (χ4v) is 4.15. The number of aliphatic hydroxyl groups excluding tert-OH is 1. The minimum Gasteiger partial charge on any atom is -0.435 e. The van der Waals surface area contributed by atoms with Crippen LogP contribution in [0.25, 0.3) is 5.69 Å². The van der Waals surface area contributed by atoms with Crippen LogP contribution >= 0.6 is 0 Å². The Morgan fingerprint density at radius 1 is 1.00 bits per heavy atom. The third-order valence-electron chi connectivity index (χ3n) is 6.12. The van der Waals surface area contributed by atoms with Gasteiger partial charge < -0.3 is 19.3 Å². The van der Waals surface area contributed by atoms with Crippen molar-refractivity contribution in [1.82, 2.24) is 14.7 Å². The van der Waals surface area contributed by atoms with E-state index in [1.165, 1.54) is 6.07 Å². The second-order valence-electron chi connectivity index (χ2n) is 9.18. The zero-order chi connectivity index (χ0) is 27.6. The van der Waals surface area contributed by atoms with Gasteiger partial charge in [0.2, 0.25) is 5.88 Å². The minimum absolute atomic E-state index is 0.118. The Bertz CT molecular complexity index is 1320. The standard InChI is InChI=1S/C30H33F2N3O4/c1-22-27(19-34(15-16-37-2)18-26(36)21-38-20-23-9-5-3-6-10-23)30(35(33-22)25-11-7-4-8-12-25)39-29-14-13-24(31)17-28(29)32/h3-14,17,26,36H,15-16,18-21H2,1-2H3/t26-/m0/s1. The molecule has 0 aliphatic rings. The second-order valence-corrected chi connectivity index (χ2v) is 9.18. The highest BCUT2D eigenvalue weighted by Gasteiger charge is 2.23. The lowest BCUT2D eigenvalue weighted by Gasteiger charge is -2.25. The molecule has 0 unspecified atom stereocenters. The number of methoxy groups -OCH3 is 1. The molecule has 4 aromatic rings. The Labute approximate surface area is 227 Å². The van der Waals surface area contributed by atoms with E-state index in [4.69, 9.17) is 14.2 Å². The molecule has 4 rings (SSSR count). The van der Waals surface area contributed by atoms with Crippen molar-refractivity contribution >= 4 is 0 Å². The molecule has 1 heterocycles. The van der Waals surface area contributed by atoms with Crippen LogP contribution in [0.4, 0.5) is 8.78 Å². The Kier molecular flexibility index (Phi) is 10.2. The first-order valence-electron chi connectivity index (χ1n) is 12.7. The summed E-state index contributed by atoms with van der Waals surface area (Å²) in [6.45, 7) is 4.01. The van der Waals surface area contributed by atoms with E-state index in [9.17, 15) is 13.9 Å². The van der Waals surface area contributed by atoms with Gasteiger partial charge in [-0.2, -0.15) is 5.10 Å². The summed E-state index contributed by atoms with van der Waals surface area (Å²) in [5, 5.41) is 15.4. The molecule has 206 valence electrons. The summed E-state index contributed by atoms with van der Waals surface area (Å²) in [7, 11) is 1.61. The summed E-state index contributed by atoms with van der Waals surface area (Å²) in [6.07, 6.45) is -0.756. The van der Waals surface area contributed by atoms with Gasteiger partial charge in [0.1, 0.15) is 5.82 Å². The molecule has 39 heavy (non-hydrogen) atoms. The van der Waals surface area contributed by atoms with Gasteiger partial charge in [0.25, 0.3) is 0 Å². The molecule has 9 heteroatoms. The Hall–Kier alpha value is -3.63. The number of nitrogens with zero attached hydrogens (tertiary/aromatic N) is 3. The van der Waals surface area contributed by atoms with Gasteiger partial charge in [-0.25, -0.2) is 13.5 Å². The van der Waals surface area contributed by atoms with Crippen molar-refractivity contribution in [2.45, 2.75) is 26.2 Å². The number of para-hydroxylation sites is 1. The number of benzene rings is 3. The molecule has 1 aromatic heterocycles. The van der Waals surface area contributed by atoms with Gasteiger partial charge in [-0.1, -0.05) is 48.5 Å². The van der Waals surface area contributed by atoms with Gasteiger partial charge in [0.15, 0.2) is 11.6 Å². The maximum atomic E-state index is 14.6. The van der Waals surface area contributed by atoms with Crippen molar-refractivity contribution in [2.24, 2.45) is 0 Å². The summed E-state index contributed by atoms with van der Waals surface area (Å²) in [4.78, 5) is 2.01. The summed E-state index contributed by atoms with van der Waals surface area (Å²) in [5.74, 6) is -1.32. The Morgan fingerprint density at radius 3 is 2.41 bits per heavy atom. The molecular weight excluding hydrogens is 504 g/mol. The first-order valence-corrected chi connectivity index (χ1v) is 12.7.